The maximum atomic E-state index is 12.4. The van der Waals surface area contributed by atoms with Gasteiger partial charge in [0.2, 0.25) is 10.0 Å². The van der Waals surface area contributed by atoms with E-state index in [0.717, 1.165) is 19.3 Å². The fourth-order valence-corrected chi connectivity index (χ4v) is 3.74. The first kappa shape index (κ1) is 14.5. The molecule has 0 heterocycles. The Kier molecular flexibility index (Phi) is 4.60. The zero-order chi connectivity index (χ0) is 13.9. The lowest BCUT2D eigenvalue weighted by molar-refractivity contribution is 0.463. The molecule has 106 valence electrons. The molecule has 0 saturated heterocycles. The molecule has 5 heteroatoms. The van der Waals surface area contributed by atoms with Crippen molar-refractivity contribution < 1.29 is 8.42 Å². The minimum atomic E-state index is -3.37. The van der Waals surface area contributed by atoms with E-state index in [0.29, 0.717) is 24.4 Å². The van der Waals surface area contributed by atoms with E-state index in [2.05, 4.69) is 0 Å². The molecule has 1 aliphatic rings. The maximum absolute atomic E-state index is 12.4. The van der Waals surface area contributed by atoms with Crippen LogP contribution in [0, 0.1) is 0 Å². The smallest absolute Gasteiger partial charge is 0.242 e. The van der Waals surface area contributed by atoms with E-state index in [4.69, 9.17) is 5.73 Å². The molecule has 1 aromatic carbocycles. The molecule has 0 amide bonds. The van der Waals surface area contributed by atoms with Crippen molar-refractivity contribution in [1.82, 2.24) is 4.31 Å². The summed E-state index contributed by atoms with van der Waals surface area (Å²) < 4.78 is 26.2. The molecule has 4 nitrogen and oxygen atoms in total. The van der Waals surface area contributed by atoms with Crippen LogP contribution < -0.4 is 5.73 Å². The van der Waals surface area contributed by atoms with Crippen LogP contribution in [-0.4, -0.2) is 32.9 Å². The van der Waals surface area contributed by atoms with Crippen molar-refractivity contribution in [2.24, 2.45) is 5.73 Å². The predicted octanol–water partition coefficient (Wildman–Crippen LogP) is 1.53. The van der Waals surface area contributed by atoms with Crippen LogP contribution in [0.25, 0.3) is 0 Å². The van der Waals surface area contributed by atoms with Crippen molar-refractivity contribution in [3.8, 4) is 0 Å². The first-order valence-electron chi connectivity index (χ1n) is 6.84. The summed E-state index contributed by atoms with van der Waals surface area (Å²) in [5.74, 6) is 0. The second-order valence-corrected chi connectivity index (χ2v) is 7.15. The van der Waals surface area contributed by atoms with Gasteiger partial charge in [0.05, 0.1) is 4.90 Å². The first-order chi connectivity index (χ1) is 9.05. The van der Waals surface area contributed by atoms with Crippen LogP contribution >= 0.6 is 0 Å². The van der Waals surface area contributed by atoms with Gasteiger partial charge < -0.3 is 5.73 Å². The Morgan fingerprint density at radius 2 is 1.89 bits per heavy atom. The van der Waals surface area contributed by atoms with Gasteiger partial charge in [0.1, 0.15) is 0 Å². The van der Waals surface area contributed by atoms with Crippen LogP contribution in [0.4, 0.5) is 0 Å². The minimum absolute atomic E-state index is 0.410. The highest BCUT2D eigenvalue weighted by Crippen LogP contribution is 2.25. The Balaban J connectivity index is 2.25. The summed E-state index contributed by atoms with van der Waals surface area (Å²) in [6, 6.07) is 5.55. The summed E-state index contributed by atoms with van der Waals surface area (Å²) in [5, 5.41) is 0. The Morgan fingerprint density at radius 1 is 1.21 bits per heavy atom. The fourth-order valence-electron chi connectivity index (χ4n) is 2.48. The average molecular weight is 282 g/mol. The van der Waals surface area contributed by atoms with E-state index in [9.17, 15) is 8.42 Å². The summed E-state index contributed by atoms with van der Waals surface area (Å²) >= 11 is 0. The van der Waals surface area contributed by atoms with Crippen molar-refractivity contribution in [3.05, 3.63) is 29.3 Å². The van der Waals surface area contributed by atoms with Gasteiger partial charge in [-0.2, -0.15) is 0 Å². The van der Waals surface area contributed by atoms with Crippen molar-refractivity contribution in [1.29, 1.82) is 0 Å². The number of hydrogen-bond acceptors (Lipinski definition) is 3. The molecule has 0 unspecified atom stereocenters. The number of nitrogens with zero attached hydrogens (tertiary/aromatic N) is 1. The summed E-state index contributed by atoms with van der Waals surface area (Å²) in [5.41, 5.74) is 7.92. The van der Waals surface area contributed by atoms with Crippen LogP contribution in [0.5, 0.6) is 0 Å². The van der Waals surface area contributed by atoms with Gasteiger partial charge in [-0.1, -0.05) is 6.07 Å². The molecule has 2 N–H and O–H groups in total. The molecule has 0 saturated carbocycles. The van der Waals surface area contributed by atoms with E-state index in [1.165, 1.54) is 21.9 Å². The Hall–Kier alpha value is -0.910. The normalized spacial score (nSPS) is 15.5. The van der Waals surface area contributed by atoms with Crippen LogP contribution in [-0.2, 0) is 22.9 Å². The van der Waals surface area contributed by atoms with Crippen LogP contribution in [0.15, 0.2) is 23.1 Å². The molecule has 1 aromatic rings. The fraction of sp³-hybridized carbons (Fsp3) is 0.571. The summed E-state index contributed by atoms with van der Waals surface area (Å²) in [7, 11) is -1.75. The highest BCUT2D eigenvalue weighted by atomic mass is 32.2. The third kappa shape index (κ3) is 3.16. The Labute approximate surface area is 115 Å². The molecule has 0 atom stereocenters. The second-order valence-electron chi connectivity index (χ2n) is 5.11. The molecular weight excluding hydrogens is 260 g/mol. The molecule has 19 heavy (non-hydrogen) atoms. The third-order valence-electron chi connectivity index (χ3n) is 3.71. The zero-order valence-electron chi connectivity index (χ0n) is 11.4. The molecule has 0 aliphatic heterocycles. The average Bonchev–Trinajstić information content (AvgIpc) is 2.44. The van der Waals surface area contributed by atoms with Gasteiger partial charge in [0.15, 0.2) is 0 Å². The molecule has 0 aromatic heterocycles. The lowest BCUT2D eigenvalue weighted by Gasteiger charge is -2.20. The molecule has 2 rings (SSSR count). The van der Waals surface area contributed by atoms with Crippen LogP contribution in [0.1, 0.15) is 30.4 Å². The zero-order valence-corrected chi connectivity index (χ0v) is 12.2. The monoisotopic (exact) mass is 282 g/mol. The van der Waals surface area contributed by atoms with Crippen LogP contribution in [0.2, 0.25) is 0 Å². The summed E-state index contributed by atoms with van der Waals surface area (Å²) in [6.45, 7) is 0.972. The van der Waals surface area contributed by atoms with E-state index in [-0.39, 0.29) is 0 Å². The predicted molar refractivity (Wildman–Crippen MR) is 76.6 cm³/mol. The van der Waals surface area contributed by atoms with Gasteiger partial charge in [-0.3, -0.25) is 0 Å². The van der Waals surface area contributed by atoms with Gasteiger partial charge in [-0.25, -0.2) is 12.7 Å². The number of sulfonamides is 1. The lowest BCUT2D eigenvalue weighted by atomic mass is 9.92. The summed E-state index contributed by atoms with van der Waals surface area (Å²) in [4.78, 5) is 0.410. The highest BCUT2D eigenvalue weighted by Gasteiger charge is 2.21. The van der Waals surface area contributed by atoms with Crippen molar-refractivity contribution in [3.63, 3.8) is 0 Å². The van der Waals surface area contributed by atoms with Crippen molar-refractivity contribution >= 4 is 10.0 Å². The molecule has 0 fully saturated rings. The van der Waals surface area contributed by atoms with Gasteiger partial charge >= 0.3 is 0 Å². The van der Waals surface area contributed by atoms with Gasteiger partial charge in [0.25, 0.3) is 0 Å². The lowest BCUT2D eigenvalue weighted by Crippen LogP contribution is -2.29. The molecule has 0 spiro atoms. The minimum Gasteiger partial charge on any atom is -0.330 e. The largest absolute Gasteiger partial charge is 0.330 e. The standard InChI is InChI=1S/C14H22N2O2S/c1-16(10-4-9-15)19(17,18)14-8-7-12-5-2-3-6-13(12)11-14/h7-8,11H,2-6,9-10,15H2,1H3. The van der Waals surface area contributed by atoms with E-state index >= 15 is 0 Å². The SMILES string of the molecule is CN(CCCN)S(=O)(=O)c1ccc2c(c1)CCCC2. The van der Waals surface area contributed by atoms with Crippen molar-refractivity contribution in [2.75, 3.05) is 20.1 Å². The van der Waals surface area contributed by atoms with Gasteiger partial charge in [-0.05, 0) is 61.9 Å². The molecule has 0 bridgehead atoms. The molecule has 1 aliphatic carbocycles. The molecular formula is C14H22N2O2S. The highest BCUT2D eigenvalue weighted by molar-refractivity contribution is 7.89. The number of nitrogens with two attached hydrogens (primary N) is 1. The number of fused-ring (bicyclic) bond motifs is 1. The van der Waals surface area contributed by atoms with E-state index in [1.54, 1.807) is 13.1 Å². The number of rotatable bonds is 5. The van der Waals surface area contributed by atoms with Crippen molar-refractivity contribution in [2.45, 2.75) is 37.0 Å². The first-order valence-corrected chi connectivity index (χ1v) is 8.28. The third-order valence-corrected chi connectivity index (χ3v) is 5.56. The van der Waals surface area contributed by atoms with Gasteiger partial charge in [-0.15, -0.1) is 0 Å². The van der Waals surface area contributed by atoms with E-state index < -0.39 is 10.0 Å². The second kappa shape index (κ2) is 6.03. The number of hydrogen-bond donors (Lipinski definition) is 1. The maximum Gasteiger partial charge on any atom is 0.242 e. The number of aryl methyl sites for hydroxylation is 2. The van der Waals surface area contributed by atoms with Crippen LogP contribution in [0.3, 0.4) is 0 Å². The van der Waals surface area contributed by atoms with E-state index in [1.807, 2.05) is 12.1 Å². The number of benzene rings is 1. The summed E-state index contributed by atoms with van der Waals surface area (Å²) in [6.07, 6.45) is 5.10. The van der Waals surface area contributed by atoms with Gasteiger partial charge in [0, 0.05) is 13.6 Å². The topological polar surface area (TPSA) is 63.4 Å². The molecule has 0 radical (unpaired) electrons. The Morgan fingerprint density at radius 3 is 2.58 bits per heavy atom. The Bertz CT molecular complexity index is 540. The quantitative estimate of drug-likeness (QED) is 0.891.